The molecule has 14 heterocycles. The lowest BCUT2D eigenvalue weighted by Gasteiger charge is -2.39. The fourth-order valence-corrected chi connectivity index (χ4v) is 21.4. The van der Waals surface area contributed by atoms with Crippen LogP contribution in [0, 0.1) is 0 Å². The Morgan fingerprint density at radius 1 is 0.420 bits per heavy atom. The lowest BCUT2D eigenvalue weighted by atomic mass is 9.84. The third kappa shape index (κ3) is 19.4. The number of likely N-dealkylation sites (tertiary alicyclic amines) is 5. The maximum Gasteiger partial charge on any atom is 0.275 e. The number of hydrogen-bond donors (Lipinski definition) is 0. The molecule has 131 heavy (non-hydrogen) atoms. The van der Waals surface area contributed by atoms with Crippen molar-refractivity contribution in [1.82, 2.24) is 59.0 Å². The number of nitrogens with zero attached hydrogens (tertiary/aromatic N) is 12. The Labute approximate surface area is 774 Å². The van der Waals surface area contributed by atoms with E-state index in [1.54, 1.807) is 69.7 Å². The molecule has 24 heteroatoms. The van der Waals surface area contributed by atoms with Crippen LogP contribution in [-0.2, 0) is 118 Å². The van der Waals surface area contributed by atoms with Gasteiger partial charge in [-0.25, -0.2) is 15.0 Å². The van der Waals surface area contributed by atoms with E-state index in [1.165, 1.54) is 73.0 Å². The van der Waals surface area contributed by atoms with E-state index in [0.717, 1.165) is 158 Å². The zero-order chi connectivity index (χ0) is 90.1. The number of carbonyl (C=O) groups excluding carboxylic acids is 5. The molecular formula is C107H112N12O10S2. The van der Waals surface area contributed by atoms with Crippen molar-refractivity contribution in [1.29, 1.82) is 0 Å². The molecule has 10 aliphatic heterocycles. The Bertz CT molecular complexity index is 6220. The third-order valence-corrected chi connectivity index (χ3v) is 29.6. The molecule has 0 bridgehead atoms. The lowest BCUT2D eigenvalue weighted by Crippen LogP contribution is -2.45. The minimum atomic E-state index is -0.223. The molecule has 22 rings (SSSR count). The summed E-state index contributed by atoms with van der Waals surface area (Å²) in [6.45, 7) is 15.0. The number of amides is 5. The molecule has 10 aliphatic rings. The van der Waals surface area contributed by atoms with Crippen LogP contribution in [0.3, 0.4) is 0 Å². The quantitative estimate of drug-likeness (QED) is 0.0630. The van der Waals surface area contributed by atoms with Gasteiger partial charge in [0, 0.05) is 139 Å². The second-order valence-electron chi connectivity index (χ2n) is 35.6. The number of piperidine rings is 5. The molecule has 4 aromatic heterocycles. The van der Waals surface area contributed by atoms with Gasteiger partial charge in [0.05, 0.1) is 83.0 Å². The molecule has 22 nitrogen and oxygen atoms in total. The topological polar surface area (TPSA) is 222 Å². The van der Waals surface area contributed by atoms with Crippen molar-refractivity contribution in [3.05, 3.63) is 332 Å². The molecule has 5 spiro atoms. The van der Waals surface area contributed by atoms with Crippen molar-refractivity contribution in [3.8, 4) is 0 Å². The molecule has 1 atom stereocenters. The first-order chi connectivity index (χ1) is 63.9. The highest BCUT2D eigenvalue weighted by atomic mass is 32.2. The van der Waals surface area contributed by atoms with Crippen LogP contribution in [0.25, 0.3) is 45.4 Å². The molecule has 0 saturated carbocycles. The fraction of sp³-hybridized carbons (Fsp3) is 0.346. The average Bonchev–Trinajstić information content (AvgIpc) is 1.64. The smallest absolute Gasteiger partial charge is 0.275 e. The Kier molecular flexibility index (Phi) is 27.0. The largest absolute Gasteiger partial charge is 0.365 e. The van der Waals surface area contributed by atoms with Gasteiger partial charge in [-0.1, -0.05) is 202 Å². The molecule has 5 amide bonds. The van der Waals surface area contributed by atoms with E-state index in [9.17, 15) is 24.0 Å². The molecule has 12 aromatic rings. The number of carbonyl (C=O) groups is 5. The van der Waals surface area contributed by atoms with Crippen LogP contribution in [0.2, 0.25) is 0 Å². The number of fused-ring (bicyclic) bond motifs is 12. The molecule has 0 radical (unpaired) electrons. The van der Waals surface area contributed by atoms with Gasteiger partial charge < -0.3 is 48.2 Å². The van der Waals surface area contributed by atoms with Gasteiger partial charge in [-0.3, -0.25) is 33.3 Å². The van der Waals surface area contributed by atoms with Crippen molar-refractivity contribution >= 4 is 98.1 Å². The first-order valence-corrected chi connectivity index (χ1v) is 47.9. The van der Waals surface area contributed by atoms with Crippen LogP contribution in [0.15, 0.2) is 248 Å². The van der Waals surface area contributed by atoms with Gasteiger partial charge in [-0.15, -0.1) is 11.3 Å². The monoisotopic (exact) mass is 1790 g/mol. The minimum absolute atomic E-state index is 0.0166. The van der Waals surface area contributed by atoms with E-state index in [0.29, 0.717) is 70.8 Å². The van der Waals surface area contributed by atoms with E-state index in [-0.39, 0.29) is 57.5 Å². The number of aryl methyl sites for hydroxylation is 2. The molecule has 5 fully saturated rings. The van der Waals surface area contributed by atoms with Crippen molar-refractivity contribution in [3.63, 3.8) is 0 Å². The average molecular weight is 1790 g/mol. The van der Waals surface area contributed by atoms with Crippen molar-refractivity contribution in [2.45, 2.75) is 157 Å². The maximum atomic E-state index is 13.1. The molecule has 8 aromatic carbocycles. The fourth-order valence-electron chi connectivity index (χ4n) is 20.2. The van der Waals surface area contributed by atoms with Gasteiger partial charge in [0.25, 0.3) is 5.91 Å². The molecule has 0 N–H and O–H groups in total. The maximum absolute atomic E-state index is 13.1. The molecule has 1 unspecified atom stereocenters. The van der Waals surface area contributed by atoms with Gasteiger partial charge in [0.15, 0.2) is 10.9 Å². The summed E-state index contributed by atoms with van der Waals surface area (Å²) < 4.78 is 35.5. The van der Waals surface area contributed by atoms with Crippen molar-refractivity contribution < 1.29 is 47.7 Å². The van der Waals surface area contributed by atoms with Gasteiger partial charge >= 0.3 is 0 Å². The number of thiazole rings is 1. The van der Waals surface area contributed by atoms with Crippen LogP contribution in [-0.4, -0.2) is 160 Å². The van der Waals surface area contributed by atoms with E-state index in [4.69, 9.17) is 23.7 Å². The number of hydrogen-bond acceptors (Lipinski definition) is 17. The van der Waals surface area contributed by atoms with E-state index >= 15 is 0 Å². The lowest BCUT2D eigenvalue weighted by molar-refractivity contribution is -0.134. The van der Waals surface area contributed by atoms with Crippen LogP contribution < -0.4 is 0 Å². The summed E-state index contributed by atoms with van der Waals surface area (Å²) in [7, 11) is 3.75. The number of aromatic nitrogens is 7. The van der Waals surface area contributed by atoms with Crippen molar-refractivity contribution in [2.75, 3.05) is 71.7 Å². The number of ether oxygens (including phenoxy) is 5. The normalized spacial score (nSPS) is 18.7. The zero-order valence-electron chi connectivity index (χ0n) is 75.1. The van der Waals surface area contributed by atoms with Crippen molar-refractivity contribution in [2.24, 2.45) is 14.1 Å². The third-order valence-electron chi connectivity index (χ3n) is 28.0. The number of benzene rings is 8. The summed E-state index contributed by atoms with van der Waals surface area (Å²) in [6, 6.07) is 66.7. The first-order valence-electron chi connectivity index (χ1n) is 45.9. The highest BCUT2D eigenvalue weighted by molar-refractivity contribution is 7.98. The van der Waals surface area contributed by atoms with Crippen LogP contribution in [0.4, 0.5) is 0 Å². The van der Waals surface area contributed by atoms with E-state index in [1.807, 2.05) is 112 Å². The summed E-state index contributed by atoms with van der Waals surface area (Å²) in [6.07, 6.45) is 32.6. The first kappa shape index (κ1) is 89.5. The Morgan fingerprint density at radius 3 is 1.17 bits per heavy atom. The second-order valence-corrected chi connectivity index (χ2v) is 37.4. The second kappa shape index (κ2) is 39.5. The summed E-state index contributed by atoms with van der Waals surface area (Å²) >= 11 is 3.10. The van der Waals surface area contributed by atoms with Gasteiger partial charge in [-0.05, 0) is 192 Å². The molecule has 0 aliphatic carbocycles. The van der Waals surface area contributed by atoms with Crippen LogP contribution in [0.5, 0.6) is 0 Å². The van der Waals surface area contributed by atoms with Gasteiger partial charge in [0.2, 0.25) is 23.6 Å². The van der Waals surface area contributed by atoms with E-state index < -0.39 is 0 Å². The molecule has 5 saturated heterocycles. The SMILES string of the molecule is CCC(C)c1ccc(/C=C/C(=O)N2CCC3(CC2)OCc2ccccc23)cc1.CSc1ncc(/C=C/C(=O)N2CCC3(CC2)OCc2ccccc23)cn1.Cn1cc(/C=C/C(=O)N2CCC3(CC2)OCc2ccccc23)cn1.Cn1nc(C(=O)N2CCC3(CC2)OCc2ccccc23)c2ccccc21.O=C(/C=C/c1nc2ccccc2s1)N1CCC2(CC1)OCc1ccccc12. The van der Waals surface area contributed by atoms with E-state index in [2.05, 4.69) is 191 Å². The van der Waals surface area contributed by atoms with Gasteiger partial charge in [0.1, 0.15) is 5.01 Å². The molecule has 672 valence electrons. The standard InChI is InChI=1S/C25H29NO2.C22H20N2O2S.C21H21N3O2.C20H21N3O2S.C19H21N3O2/c1-3-19(2)21-11-8-20(9-12-21)10-13-24(27)26-16-14-25(15-17-26)23-7-5-4-6-22(23)18-28-25;25-21(10-9-20-23-18-7-3-4-8-19(18)27-20)24-13-11-22(12-14-24)17-6-2-1-5-16(17)15-26-22;1-23-18-9-5-3-7-16(18)19(22-23)20(25)24-12-10-21(11-13-24)17-8-4-2-6-15(17)14-26-21;1-26-19-21-12-15(13-22-19)6-7-18(24)23-10-8-20(9-11-23)17-5-3-2-4-16(17)14-25-20;1-21-13-15(12-20-21)6-7-18(23)22-10-8-19(9-11-22)17-5-3-2-4-16(17)14-24-19/h4-13,19H,3,14-18H2,1-2H3;1-10H,11-15H2;2-9H,10-14H2,1H3;2-7,12-13H,8-11,14H2,1H3;2-7,12-13H,8-11,14H2,1H3/b13-10+;10-9+;;2*7-6+. The predicted molar refractivity (Wildman–Crippen MR) is 512 cm³/mol. The number of rotatable bonds is 12. The molecular weight excluding hydrogens is 1680 g/mol. The Hall–Kier alpha value is -12.1. The highest BCUT2D eigenvalue weighted by Gasteiger charge is 2.48. The zero-order valence-corrected chi connectivity index (χ0v) is 76.8. The van der Waals surface area contributed by atoms with Crippen LogP contribution >= 0.6 is 23.1 Å². The van der Waals surface area contributed by atoms with Gasteiger partial charge in [-0.2, -0.15) is 10.2 Å². The Balaban J connectivity index is 0.000000110. The summed E-state index contributed by atoms with van der Waals surface area (Å²) in [5.41, 5.74) is 18.6. The number of thioether (sulfide) groups is 1. The summed E-state index contributed by atoms with van der Waals surface area (Å²) in [4.78, 5) is 85.8. The highest BCUT2D eigenvalue weighted by Crippen LogP contribution is 2.50. The van der Waals surface area contributed by atoms with Crippen LogP contribution in [0.1, 0.15) is 184 Å². The Morgan fingerprint density at radius 2 is 0.779 bits per heavy atom. The minimum Gasteiger partial charge on any atom is -0.365 e. The summed E-state index contributed by atoms with van der Waals surface area (Å²) in [5, 5.41) is 11.1. The predicted octanol–water partition coefficient (Wildman–Crippen LogP) is 18.6. The summed E-state index contributed by atoms with van der Waals surface area (Å²) in [5.74, 6) is 0.814. The number of para-hydroxylation sites is 2.